The van der Waals surface area contributed by atoms with Crippen LogP contribution in [0.15, 0.2) is 53.4 Å². The van der Waals surface area contributed by atoms with Gasteiger partial charge in [0.05, 0.1) is 22.1 Å². The smallest absolute Gasteiger partial charge is 0.335 e. The maximum atomic E-state index is 12.2. The van der Waals surface area contributed by atoms with E-state index in [4.69, 9.17) is 5.11 Å². The van der Waals surface area contributed by atoms with Crippen molar-refractivity contribution in [3.05, 3.63) is 65.2 Å². The summed E-state index contributed by atoms with van der Waals surface area (Å²) in [5.41, 5.74) is 1.85. The van der Waals surface area contributed by atoms with E-state index >= 15 is 0 Å². The molecule has 0 heterocycles. The molecule has 0 saturated carbocycles. The van der Waals surface area contributed by atoms with Gasteiger partial charge in [-0.1, -0.05) is 36.4 Å². The van der Waals surface area contributed by atoms with Crippen molar-refractivity contribution in [1.82, 2.24) is 0 Å². The zero-order chi connectivity index (χ0) is 13.8. The summed E-state index contributed by atoms with van der Waals surface area (Å²) >= 11 is 0. The molecule has 0 aliphatic heterocycles. The molecular weight excluding hydrogens is 260 g/mol. The summed E-state index contributed by atoms with van der Waals surface area (Å²) in [6.45, 7) is 1.73. The van der Waals surface area contributed by atoms with Crippen molar-refractivity contribution in [2.75, 3.05) is 0 Å². The molecule has 0 amide bonds. The minimum Gasteiger partial charge on any atom is -0.478 e. The second-order valence-corrected chi connectivity index (χ2v) is 5.71. The van der Waals surface area contributed by atoms with E-state index in [9.17, 15) is 9.00 Å². The number of carboxylic acids is 1. The van der Waals surface area contributed by atoms with Crippen LogP contribution in [0.4, 0.5) is 0 Å². The normalized spacial score (nSPS) is 12.1. The number of hydrogen-bond donors (Lipinski definition) is 1. The largest absolute Gasteiger partial charge is 0.478 e. The first-order valence-corrected chi connectivity index (χ1v) is 7.16. The van der Waals surface area contributed by atoms with Crippen LogP contribution in [0.5, 0.6) is 0 Å². The van der Waals surface area contributed by atoms with Crippen LogP contribution in [-0.4, -0.2) is 15.3 Å². The van der Waals surface area contributed by atoms with Crippen LogP contribution in [0.1, 0.15) is 21.5 Å². The fraction of sp³-hybridized carbons (Fsp3) is 0.133. The Morgan fingerprint density at radius 3 is 2.47 bits per heavy atom. The van der Waals surface area contributed by atoms with E-state index in [0.717, 1.165) is 5.56 Å². The number of rotatable bonds is 4. The molecule has 2 aromatic rings. The van der Waals surface area contributed by atoms with E-state index < -0.39 is 16.8 Å². The maximum Gasteiger partial charge on any atom is 0.335 e. The molecule has 0 radical (unpaired) electrons. The molecule has 1 unspecified atom stereocenters. The van der Waals surface area contributed by atoms with Crippen molar-refractivity contribution in [2.45, 2.75) is 17.6 Å². The molecule has 0 aliphatic rings. The monoisotopic (exact) mass is 274 g/mol. The highest BCUT2D eigenvalue weighted by Gasteiger charge is 2.11. The molecule has 1 atom stereocenters. The molecule has 2 aromatic carbocycles. The Labute approximate surface area is 114 Å². The fourth-order valence-electron chi connectivity index (χ4n) is 1.78. The first-order chi connectivity index (χ1) is 9.08. The summed E-state index contributed by atoms with van der Waals surface area (Å²) < 4.78 is 12.2. The average molecular weight is 274 g/mol. The zero-order valence-corrected chi connectivity index (χ0v) is 11.3. The predicted molar refractivity (Wildman–Crippen MR) is 74.7 cm³/mol. The highest BCUT2D eigenvalue weighted by molar-refractivity contribution is 7.84. The molecule has 3 nitrogen and oxygen atoms in total. The molecule has 0 bridgehead atoms. The molecule has 0 aromatic heterocycles. The van der Waals surface area contributed by atoms with Gasteiger partial charge in [-0.15, -0.1) is 0 Å². The second kappa shape index (κ2) is 5.80. The summed E-state index contributed by atoms with van der Waals surface area (Å²) in [6.07, 6.45) is 0. The molecule has 0 saturated heterocycles. The van der Waals surface area contributed by atoms with E-state index in [1.807, 2.05) is 30.3 Å². The highest BCUT2D eigenvalue weighted by Crippen LogP contribution is 2.17. The van der Waals surface area contributed by atoms with Crippen molar-refractivity contribution < 1.29 is 14.1 Å². The maximum absolute atomic E-state index is 12.2. The van der Waals surface area contributed by atoms with Crippen LogP contribution >= 0.6 is 0 Å². The lowest BCUT2D eigenvalue weighted by Crippen LogP contribution is -2.03. The summed E-state index contributed by atoms with van der Waals surface area (Å²) in [6, 6.07) is 14.4. The highest BCUT2D eigenvalue weighted by atomic mass is 32.2. The first-order valence-electron chi connectivity index (χ1n) is 5.84. The molecule has 0 aliphatic carbocycles. The number of hydrogen-bond acceptors (Lipinski definition) is 2. The van der Waals surface area contributed by atoms with Crippen LogP contribution in [0, 0.1) is 6.92 Å². The molecule has 98 valence electrons. The van der Waals surface area contributed by atoms with Crippen LogP contribution in [-0.2, 0) is 16.6 Å². The SMILES string of the molecule is Cc1ccc(S(=O)Cc2ccccc2)cc1C(=O)O. The van der Waals surface area contributed by atoms with Gasteiger partial charge in [-0.05, 0) is 30.2 Å². The average Bonchev–Trinajstić information content (AvgIpc) is 2.40. The Balaban J connectivity index is 2.25. The van der Waals surface area contributed by atoms with Gasteiger partial charge < -0.3 is 5.11 Å². The van der Waals surface area contributed by atoms with Crippen molar-refractivity contribution in [2.24, 2.45) is 0 Å². The zero-order valence-electron chi connectivity index (χ0n) is 10.5. The van der Waals surface area contributed by atoms with Crippen LogP contribution in [0.3, 0.4) is 0 Å². The Morgan fingerprint density at radius 1 is 1.16 bits per heavy atom. The van der Waals surface area contributed by atoms with Gasteiger partial charge in [0, 0.05) is 4.90 Å². The third-order valence-electron chi connectivity index (χ3n) is 2.84. The topological polar surface area (TPSA) is 54.4 Å². The van der Waals surface area contributed by atoms with Gasteiger partial charge in [0.25, 0.3) is 0 Å². The predicted octanol–water partition coefficient (Wildman–Crippen LogP) is 3.00. The number of carbonyl (C=O) groups is 1. The van der Waals surface area contributed by atoms with Crippen LogP contribution in [0.2, 0.25) is 0 Å². The Bertz CT molecular complexity index is 621. The van der Waals surface area contributed by atoms with Crippen LogP contribution in [0.25, 0.3) is 0 Å². The lowest BCUT2D eigenvalue weighted by Gasteiger charge is -2.06. The molecule has 4 heteroatoms. The minimum absolute atomic E-state index is 0.207. The Hall–Kier alpha value is -1.94. The van der Waals surface area contributed by atoms with Crippen molar-refractivity contribution in [1.29, 1.82) is 0 Å². The van der Waals surface area contributed by atoms with Gasteiger partial charge >= 0.3 is 5.97 Å². The van der Waals surface area contributed by atoms with Gasteiger partial charge in [0.1, 0.15) is 0 Å². The minimum atomic E-state index is -1.23. The van der Waals surface area contributed by atoms with E-state index in [-0.39, 0.29) is 5.56 Å². The quantitative estimate of drug-likeness (QED) is 0.932. The second-order valence-electron chi connectivity index (χ2n) is 4.26. The molecule has 2 rings (SSSR count). The van der Waals surface area contributed by atoms with Crippen LogP contribution < -0.4 is 0 Å². The lowest BCUT2D eigenvalue weighted by atomic mass is 10.1. The number of aryl methyl sites for hydroxylation is 1. The molecular formula is C15H14O3S. The number of aromatic carboxylic acids is 1. The summed E-state index contributed by atoms with van der Waals surface area (Å²) in [7, 11) is -1.23. The van der Waals surface area contributed by atoms with E-state index in [1.165, 1.54) is 6.07 Å². The van der Waals surface area contributed by atoms with E-state index in [2.05, 4.69) is 0 Å². The molecule has 0 fully saturated rings. The van der Waals surface area contributed by atoms with Gasteiger partial charge in [-0.2, -0.15) is 0 Å². The number of carboxylic acid groups (broad SMARTS) is 1. The molecule has 0 spiro atoms. The molecule has 1 N–H and O–H groups in total. The standard InChI is InChI=1S/C15H14O3S/c1-11-7-8-13(9-14(11)15(16)17)19(18)10-12-5-3-2-4-6-12/h2-9H,10H2,1H3,(H,16,17). The van der Waals surface area contributed by atoms with Gasteiger partial charge in [-0.25, -0.2) is 4.79 Å². The van der Waals surface area contributed by atoms with Gasteiger partial charge in [0.2, 0.25) is 0 Å². The Kier molecular flexibility index (Phi) is 4.12. The fourth-order valence-corrected chi connectivity index (χ4v) is 2.91. The third kappa shape index (κ3) is 3.29. The van der Waals surface area contributed by atoms with Gasteiger partial charge in [0.15, 0.2) is 0 Å². The van der Waals surface area contributed by atoms with Gasteiger partial charge in [-0.3, -0.25) is 4.21 Å². The first kappa shape index (κ1) is 13.5. The lowest BCUT2D eigenvalue weighted by molar-refractivity contribution is 0.0696. The summed E-state index contributed by atoms with van der Waals surface area (Å²) in [4.78, 5) is 11.6. The van der Waals surface area contributed by atoms with Crippen molar-refractivity contribution >= 4 is 16.8 Å². The summed E-state index contributed by atoms with van der Waals surface area (Å²) in [5.74, 6) is -0.598. The third-order valence-corrected chi connectivity index (χ3v) is 4.22. The Morgan fingerprint density at radius 2 is 1.84 bits per heavy atom. The van der Waals surface area contributed by atoms with E-state index in [0.29, 0.717) is 16.2 Å². The van der Waals surface area contributed by atoms with E-state index in [1.54, 1.807) is 19.1 Å². The summed E-state index contributed by atoms with van der Waals surface area (Å²) in [5, 5.41) is 9.06. The van der Waals surface area contributed by atoms with Crippen molar-refractivity contribution in [3.63, 3.8) is 0 Å². The van der Waals surface area contributed by atoms with Crippen molar-refractivity contribution in [3.8, 4) is 0 Å². The number of benzene rings is 2. The molecule has 19 heavy (non-hydrogen) atoms.